The number of halogens is 2. The van der Waals surface area contributed by atoms with E-state index in [1.165, 1.54) is 12.1 Å². The van der Waals surface area contributed by atoms with E-state index >= 15 is 0 Å². The highest BCUT2D eigenvalue weighted by molar-refractivity contribution is 9.10. The Morgan fingerprint density at radius 1 is 0.964 bits per heavy atom. The van der Waals surface area contributed by atoms with E-state index in [4.69, 9.17) is 11.6 Å². The Labute approximate surface area is 176 Å². The van der Waals surface area contributed by atoms with Crippen molar-refractivity contribution in [3.8, 4) is 0 Å². The van der Waals surface area contributed by atoms with Crippen molar-refractivity contribution in [2.45, 2.75) is 11.8 Å². The number of anilines is 2. The average Bonchev–Trinajstić information content (AvgIpc) is 2.65. The first-order valence-corrected chi connectivity index (χ1v) is 10.9. The highest BCUT2D eigenvalue weighted by Gasteiger charge is 2.18. The van der Waals surface area contributed by atoms with Crippen molar-refractivity contribution in [3.05, 3.63) is 87.4 Å². The maximum Gasteiger partial charge on any atom is 0.262 e. The summed E-state index contributed by atoms with van der Waals surface area (Å²) in [6.45, 7) is 1.69. The van der Waals surface area contributed by atoms with E-state index in [0.717, 1.165) is 4.47 Å². The molecule has 0 atom stereocenters. The van der Waals surface area contributed by atoms with Gasteiger partial charge in [-0.2, -0.15) is 0 Å². The van der Waals surface area contributed by atoms with Gasteiger partial charge < -0.3 is 5.32 Å². The van der Waals surface area contributed by atoms with Crippen LogP contribution in [0.2, 0.25) is 5.02 Å². The predicted octanol–water partition coefficient (Wildman–Crippen LogP) is 5.46. The van der Waals surface area contributed by atoms with Crippen molar-refractivity contribution >= 4 is 54.8 Å². The molecule has 0 saturated carbocycles. The Morgan fingerprint density at radius 3 is 2.32 bits per heavy atom. The van der Waals surface area contributed by atoms with E-state index in [2.05, 4.69) is 26.0 Å². The second-order valence-corrected chi connectivity index (χ2v) is 9.06. The van der Waals surface area contributed by atoms with E-state index in [0.29, 0.717) is 27.5 Å². The summed E-state index contributed by atoms with van der Waals surface area (Å²) >= 11 is 9.23. The maximum absolute atomic E-state index is 12.8. The molecular weight excluding hydrogens is 464 g/mol. The lowest BCUT2D eigenvalue weighted by Crippen LogP contribution is -2.16. The van der Waals surface area contributed by atoms with Crippen LogP contribution in [-0.4, -0.2) is 14.3 Å². The van der Waals surface area contributed by atoms with E-state index in [9.17, 15) is 13.2 Å². The smallest absolute Gasteiger partial charge is 0.262 e. The van der Waals surface area contributed by atoms with Crippen molar-refractivity contribution in [2.75, 3.05) is 10.0 Å². The van der Waals surface area contributed by atoms with Gasteiger partial charge in [-0.15, -0.1) is 0 Å². The number of carbonyl (C=O) groups excluding carboxylic acids is 1. The minimum atomic E-state index is -3.82. The fourth-order valence-corrected chi connectivity index (χ4v) is 4.31. The van der Waals surface area contributed by atoms with E-state index in [1.54, 1.807) is 61.5 Å². The van der Waals surface area contributed by atoms with E-state index < -0.39 is 10.0 Å². The number of amides is 1. The van der Waals surface area contributed by atoms with Gasteiger partial charge in [-0.1, -0.05) is 39.7 Å². The summed E-state index contributed by atoms with van der Waals surface area (Å²) in [5, 5.41) is 3.14. The lowest BCUT2D eigenvalue weighted by molar-refractivity contribution is 0.102. The van der Waals surface area contributed by atoms with Gasteiger partial charge in [-0.25, -0.2) is 8.42 Å². The van der Waals surface area contributed by atoms with Gasteiger partial charge in [0.25, 0.3) is 15.9 Å². The molecular formula is C20H16BrClN2O3S. The molecule has 0 aromatic heterocycles. The first kappa shape index (κ1) is 20.4. The molecule has 0 aliphatic rings. The summed E-state index contributed by atoms with van der Waals surface area (Å²) in [7, 11) is -3.82. The molecule has 0 unspecified atom stereocenters. The fraction of sp³-hybridized carbons (Fsp3) is 0.0500. The Hall–Kier alpha value is -2.35. The van der Waals surface area contributed by atoms with Gasteiger partial charge in [0.05, 0.1) is 4.90 Å². The summed E-state index contributed by atoms with van der Waals surface area (Å²) in [5.41, 5.74) is 1.75. The van der Waals surface area contributed by atoms with Gasteiger partial charge in [0, 0.05) is 26.4 Å². The van der Waals surface area contributed by atoms with Crippen LogP contribution in [0.5, 0.6) is 0 Å². The molecule has 0 spiro atoms. The quantitative estimate of drug-likeness (QED) is 0.510. The molecule has 0 radical (unpaired) electrons. The summed E-state index contributed by atoms with van der Waals surface area (Å²) < 4.78 is 29.0. The van der Waals surface area contributed by atoms with Crippen molar-refractivity contribution < 1.29 is 13.2 Å². The Balaban J connectivity index is 1.86. The van der Waals surface area contributed by atoms with Crippen LogP contribution in [-0.2, 0) is 10.0 Å². The minimum absolute atomic E-state index is 0.0827. The number of carbonyl (C=O) groups is 1. The third-order valence-electron chi connectivity index (χ3n) is 3.92. The number of hydrogen-bond acceptors (Lipinski definition) is 3. The molecule has 0 saturated heterocycles. The zero-order chi connectivity index (χ0) is 20.3. The van der Waals surface area contributed by atoms with Crippen molar-refractivity contribution in [1.29, 1.82) is 0 Å². The molecule has 28 heavy (non-hydrogen) atoms. The highest BCUT2D eigenvalue weighted by atomic mass is 79.9. The van der Waals surface area contributed by atoms with Crippen LogP contribution < -0.4 is 10.0 Å². The van der Waals surface area contributed by atoms with E-state index in [1.807, 2.05) is 0 Å². The van der Waals surface area contributed by atoms with Gasteiger partial charge >= 0.3 is 0 Å². The van der Waals surface area contributed by atoms with Gasteiger partial charge in [0.1, 0.15) is 0 Å². The number of hydrogen-bond donors (Lipinski definition) is 2. The van der Waals surface area contributed by atoms with Crippen LogP contribution in [0.15, 0.2) is 76.1 Å². The Bertz CT molecular complexity index is 1130. The predicted molar refractivity (Wildman–Crippen MR) is 116 cm³/mol. The molecule has 3 aromatic rings. The monoisotopic (exact) mass is 478 g/mol. The van der Waals surface area contributed by atoms with Crippen molar-refractivity contribution in [2.24, 2.45) is 0 Å². The fourth-order valence-electron chi connectivity index (χ4n) is 2.53. The molecule has 3 aromatic carbocycles. The van der Waals surface area contributed by atoms with Crippen LogP contribution in [0.25, 0.3) is 0 Å². The van der Waals surface area contributed by atoms with E-state index in [-0.39, 0.29) is 10.8 Å². The number of benzene rings is 3. The lowest BCUT2D eigenvalue weighted by atomic mass is 10.2. The van der Waals surface area contributed by atoms with Crippen LogP contribution in [0, 0.1) is 6.92 Å². The van der Waals surface area contributed by atoms with Crippen LogP contribution in [0.3, 0.4) is 0 Å². The number of rotatable bonds is 5. The zero-order valence-corrected chi connectivity index (χ0v) is 17.9. The lowest BCUT2D eigenvalue weighted by Gasteiger charge is -2.13. The minimum Gasteiger partial charge on any atom is -0.322 e. The van der Waals surface area contributed by atoms with Crippen molar-refractivity contribution in [3.63, 3.8) is 0 Å². The molecule has 0 aliphatic carbocycles. The Kier molecular flexibility index (Phi) is 6.07. The second-order valence-electron chi connectivity index (χ2n) is 6.06. The van der Waals surface area contributed by atoms with Gasteiger partial charge in [0.15, 0.2) is 0 Å². The van der Waals surface area contributed by atoms with Crippen LogP contribution in [0.4, 0.5) is 11.4 Å². The third-order valence-corrected chi connectivity index (χ3v) is 6.21. The van der Waals surface area contributed by atoms with Crippen LogP contribution in [0.1, 0.15) is 15.9 Å². The normalized spacial score (nSPS) is 11.1. The topological polar surface area (TPSA) is 75.3 Å². The molecule has 2 N–H and O–H groups in total. The first-order chi connectivity index (χ1) is 13.2. The molecule has 8 heteroatoms. The average molecular weight is 480 g/mol. The van der Waals surface area contributed by atoms with Crippen molar-refractivity contribution in [1.82, 2.24) is 0 Å². The SMILES string of the molecule is Cc1ccc(NC(=O)c2cccc(Cl)c2)cc1S(=O)(=O)Nc1ccc(Br)cc1. The molecule has 0 bridgehead atoms. The summed E-state index contributed by atoms with van der Waals surface area (Å²) in [6, 6.07) is 18.0. The molecule has 144 valence electrons. The van der Waals surface area contributed by atoms with Gasteiger partial charge in [-0.05, 0) is 67.1 Å². The zero-order valence-electron chi connectivity index (χ0n) is 14.7. The van der Waals surface area contributed by atoms with Gasteiger partial charge in [-0.3, -0.25) is 9.52 Å². The molecule has 1 amide bonds. The molecule has 0 fully saturated rings. The maximum atomic E-state index is 12.8. The largest absolute Gasteiger partial charge is 0.322 e. The third kappa shape index (κ3) is 4.92. The Morgan fingerprint density at radius 2 is 1.64 bits per heavy atom. The van der Waals surface area contributed by atoms with Crippen LogP contribution >= 0.6 is 27.5 Å². The molecule has 0 aliphatic heterocycles. The highest BCUT2D eigenvalue weighted by Crippen LogP contribution is 2.24. The number of aryl methyl sites for hydroxylation is 1. The standard InChI is InChI=1S/C20H16BrClN2O3S/c1-13-5-8-18(23-20(25)14-3-2-4-16(22)11-14)12-19(13)28(26,27)24-17-9-6-15(21)7-10-17/h2-12,24H,1H3,(H,23,25). The summed E-state index contributed by atoms with van der Waals surface area (Å²) in [5.74, 6) is -0.379. The molecule has 0 heterocycles. The molecule has 5 nitrogen and oxygen atoms in total. The first-order valence-electron chi connectivity index (χ1n) is 8.20. The summed E-state index contributed by atoms with van der Waals surface area (Å²) in [6.07, 6.45) is 0. The van der Waals surface area contributed by atoms with Gasteiger partial charge in [0.2, 0.25) is 0 Å². The number of sulfonamides is 1. The second kappa shape index (κ2) is 8.34. The molecule has 3 rings (SSSR count). The number of nitrogens with one attached hydrogen (secondary N) is 2. The summed E-state index contributed by atoms with van der Waals surface area (Å²) in [4.78, 5) is 12.5.